The van der Waals surface area contributed by atoms with E-state index in [2.05, 4.69) is 80.6 Å². The fraction of sp³-hybridized carbons (Fsp3) is 0.222. The van der Waals surface area contributed by atoms with Crippen molar-refractivity contribution in [2.45, 2.75) is 26.2 Å². The molecule has 2 rings (SSSR count). The second-order valence-corrected chi connectivity index (χ2v) is 4.70. The van der Waals surface area contributed by atoms with E-state index in [9.17, 15) is 0 Å². The van der Waals surface area contributed by atoms with Crippen LogP contribution in [-0.2, 0) is 0 Å². The number of benzene rings is 2. The molecule has 0 nitrogen and oxygen atoms in total. The molecule has 18 heavy (non-hydrogen) atoms. The molecule has 0 heteroatoms. The molecule has 0 N–H and O–H groups in total. The largest absolute Gasteiger partial charge is 0.0838 e. The first-order valence-electron chi connectivity index (χ1n) is 6.57. The van der Waals surface area contributed by atoms with Gasteiger partial charge in [-0.2, -0.15) is 0 Å². The third kappa shape index (κ3) is 3.10. The maximum Gasteiger partial charge on any atom is -0.0150 e. The Morgan fingerprint density at radius 1 is 0.944 bits per heavy atom. The van der Waals surface area contributed by atoms with Gasteiger partial charge in [-0.3, -0.25) is 0 Å². The Hall–Kier alpha value is -1.82. The SMILES string of the molecule is C/C=C(/CC(C)c1ccccc1)c1ccccc1. The van der Waals surface area contributed by atoms with Gasteiger partial charge in [0.2, 0.25) is 0 Å². The molecule has 0 aliphatic rings. The monoisotopic (exact) mass is 236 g/mol. The summed E-state index contributed by atoms with van der Waals surface area (Å²) >= 11 is 0. The lowest BCUT2D eigenvalue weighted by atomic mass is 9.90. The summed E-state index contributed by atoms with van der Waals surface area (Å²) in [5, 5.41) is 0. The van der Waals surface area contributed by atoms with Crippen LogP contribution in [0, 0.1) is 0 Å². The molecular weight excluding hydrogens is 216 g/mol. The number of rotatable bonds is 4. The summed E-state index contributed by atoms with van der Waals surface area (Å²) < 4.78 is 0. The van der Waals surface area contributed by atoms with E-state index in [-0.39, 0.29) is 0 Å². The predicted octanol–water partition coefficient (Wildman–Crippen LogP) is 5.28. The van der Waals surface area contributed by atoms with E-state index in [0.717, 1.165) is 6.42 Å². The Labute approximate surface area is 110 Å². The van der Waals surface area contributed by atoms with E-state index >= 15 is 0 Å². The van der Waals surface area contributed by atoms with Gasteiger partial charge in [0.25, 0.3) is 0 Å². The molecule has 0 aliphatic carbocycles. The van der Waals surface area contributed by atoms with Crippen molar-refractivity contribution in [1.82, 2.24) is 0 Å². The standard InChI is InChI=1S/C18H20/c1-3-16(18-12-8-5-9-13-18)14-15(2)17-10-6-4-7-11-17/h3-13,15H,14H2,1-2H3/b16-3-. The minimum absolute atomic E-state index is 0.553. The highest BCUT2D eigenvalue weighted by Crippen LogP contribution is 2.28. The predicted molar refractivity (Wildman–Crippen MR) is 79.6 cm³/mol. The van der Waals surface area contributed by atoms with Gasteiger partial charge in [-0.25, -0.2) is 0 Å². The summed E-state index contributed by atoms with van der Waals surface area (Å²) in [5.41, 5.74) is 4.17. The molecule has 2 aromatic carbocycles. The van der Waals surface area contributed by atoms with E-state index in [4.69, 9.17) is 0 Å². The van der Waals surface area contributed by atoms with Crippen molar-refractivity contribution in [3.63, 3.8) is 0 Å². The minimum Gasteiger partial charge on any atom is -0.0838 e. The molecule has 0 amide bonds. The fourth-order valence-electron chi connectivity index (χ4n) is 2.28. The van der Waals surface area contributed by atoms with Gasteiger partial charge >= 0.3 is 0 Å². The van der Waals surface area contributed by atoms with Gasteiger partial charge in [0.05, 0.1) is 0 Å². The quantitative estimate of drug-likeness (QED) is 0.677. The molecule has 2 aromatic rings. The first-order chi connectivity index (χ1) is 8.81. The zero-order valence-electron chi connectivity index (χ0n) is 11.1. The van der Waals surface area contributed by atoms with E-state index in [1.807, 2.05) is 0 Å². The number of hydrogen-bond acceptors (Lipinski definition) is 0. The molecule has 1 atom stereocenters. The molecule has 0 aromatic heterocycles. The molecule has 0 radical (unpaired) electrons. The van der Waals surface area contributed by atoms with Gasteiger partial charge in [0.1, 0.15) is 0 Å². The van der Waals surface area contributed by atoms with Crippen molar-refractivity contribution in [3.8, 4) is 0 Å². The van der Waals surface area contributed by atoms with Crippen LogP contribution < -0.4 is 0 Å². The van der Waals surface area contributed by atoms with Crippen LogP contribution >= 0.6 is 0 Å². The Kier molecular flexibility index (Phi) is 4.35. The zero-order chi connectivity index (χ0) is 12.8. The smallest absolute Gasteiger partial charge is 0.0150 e. The molecule has 0 saturated heterocycles. The maximum atomic E-state index is 2.29. The Morgan fingerprint density at radius 2 is 1.50 bits per heavy atom. The van der Waals surface area contributed by atoms with Crippen LogP contribution in [0.2, 0.25) is 0 Å². The van der Waals surface area contributed by atoms with Crippen molar-refractivity contribution < 1.29 is 0 Å². The summed E-state index contributed by atoms with van der Waals surface area (Å²) in [6.07, 6.45) is 3.32. The van der Waals surface area contributed by atoms with Crippen LogP contribution in [0.25, 0.3) is 5.57 Å². The highest BCUT2D eigenvalue weighted by molar-refractivity contribution is 5.65. The molecule has 92 valence electrons. The third-order valence-electron chi connectivity index (χ3n) is 3.39. The van der Waals surface area contributed by atoms with Gasteiger partial charge < -0.3 is 0 Å². The van der Waals surface area contributed by atoms with E-state index in [0.29, 0.717) is 5.92 Å². The van der Waals surface area contributed by atoms with Crippen molar-refractivity contribution in [2.24, 2.45) is 0 Å². The second kappa shape index (κ2) is 6.20. The van der Waals surface area contributed by atoms with E-state index < -0.39 is 0 Å². The molecule has 0 heterocycles. The summed E-state index contributed by atoms with van der Waals surface area (Å²) in [6.45, 7) is 4.42. The molecule has 0 aliphatic heterocycles. The van der Waals surface area contributed by atoms with Gasteiger partial charge in [0.15, 0.2) is 0 Å². The summed E-state index contributed by atoms with van der Waals surface area (Å²) in [6, 6.07) is 21.4. The number of hydrogen-bond donors (Lipinski definition) is 0. The lowest BCUT2D eigenvalue weighted by Gasteiger charge is -2.15. The minimum atomic E-state index is 0.553. The maximum absolute atomic E-state index is 2.29. The Morgan fingerprint density at radius 3 is 2.06 bits per heavy atom. The van der Waals surface area contributed by atoms with Crippen LogP contribution in [0.4, 0.5) is 0 Å². The lowest BCUT2D eigenvalue weighted by Crippen LogP contribution is -1.95. The second-order valence-electron chi connectivity index (χ2n) is 4.70. The van der Waals surface area contributed by atoms with Crippen molar-refractivity contribution >= 4 is 5.57 Å². The highest BCUT2D eigenvalue weighted by Gasteiger charge is 2.08. The van der Waals surface area contributed by atoms with Crippen molar-refractivity contribution in [1.29, 1.82) is 0 Å². The molecule has 0 fully saturated rings. The fourth-order valence-corrected chi connectivity index (χ4v) is 2.28. The topological polar surface area (TPSA) is 0 Å². The van der Waals surface area contributed by atoms with E-state index in [1.165, 1.54) is 16.7 Å². The van der Waals surface area contributed by atoms with Crippen LogP contribution in [0.3, 0.4) is 0 Å². The van der Waals surface area contributed by atoms with Gasteiger partial charge in [-0.05, 0) is 36.0 Å². The molecule has 1 unspecified atom stereocenters. The van der Waals surface area contributed by atoms with Crippen molar-refractivity contribution in [2.75, 3.05) is 0 Å². The van der Waals surface area contributed by atoms with Crippen LogP contribution in [-0.4, -0.2) is 0 Å². The van der Waals surface area contributed by atoms with Crippen molar-refractivity contribution in [3.05, 3.63) is 77.9 Å². The van der Waals surface area contributed by atoms with Crippen LogP contribution in [0.5, 0.6) is 0 Å². The first kappa shape index (κ1) is 12.6. The highest BCUT2D eigenvalue weighted by atomic mass is 14.1. The van der Waals surface area contributed by atoms with E-state index in [1.54, 1.807) is 0 Å². The van der Waals surface area contributed by atoms with Crippen LogP contribution in [0.1, 0.15) is 37.3 Å². The zero-order valence-corrected chi connectivity index (χ0v) is 11.1. The summed E-state index contributed by atoms with van der Waals surface area (Å²) in [7, 11) is 0. The van der Waals surface area contributed by atoms with Crippen LogP contribution in [0.15, 0.2) is 66.7 Å². The first-order valence-corrected chi connectivity index (χ1v) is 6.57. The molecular formula is C18H20. The molecule has 0 saturated carbocycles. The average molecular weight is 236 g/mol. The average Bonchev–Trinajstić information content (AvgIpc) is 2.46. The number of allylic oxidation sites excluding steroid dienone is 2. The normalized spacial score (nSPS) is 13.3. The molecule has 0 spiro atoms. The third-order valence-corrected chi connectivity index (χ3v) is 3.39. The van der Waals surface area contributed by atoms with Gasteiger partial charge in [-0.15, -0.1) is 0 Å². The Bertz CT molecular complexity index is 494. The van der Waals surface area contributed by atoms with Gasteiger partial charge in [0, 0.05) is 0 Å². The molecule has 0 bridgehead atoms. The Balaban J connectivity index is 2.13. The van der Waals surface area contributed by atoms with Gasteiger partial charge in [-0.1, -0.05) is 73.7 Å². The summed E-state index contributed by atoms with van der Waals surface area (Å²) in [5.74, 6) is 0.553. The lowest BCUT2D eigenvalue weighted by molar-refractivity contribution is 0.791. The summed E-state index contributed by atoms with van der Waals surface area (Å²) in [4.78, 5) is 0.